The normalized spacial score (nSPS) is 13.7. The summed E-state index contributed by atoms with van der Waals surface area (Å²) in [5.74, 6) is 0.288. The van der Waals surface area contributed by atoms with Gasteiger partial charge in [-0.2, -0.15) is 0 Å². The molecule has 2 aromatic carbocycles. The average molecular weight is 286 g/mol. The van der Waals surface area contributed by atoms with E-state index >= 15 is 0 Å². The maximum absolute atomic E-state index is 12.6. The number of nitrogens with zero attached hydrogens (tertiary/aromatic N) is 2. The summed E-state index contributed by atoms with van der Waals surface area (Å²) < 4.78 is 0. The Morgan fingerprint density at radius 3 is 2.70 bits per heavy atom. The molecule has 1 amide bonds. The van der Waals surface area contributed by atoms with E-state index in [-0.39, 0.29) is 12.5 Å². The molecule has 1 aliphatic heterocycles. The highest BCUT2D eigenvalue weighted by Gasteiger charge is 2.24. The second-order valence-electron chi connectivity index (χ2n) is 4.49. The zero-order chi connectivity index (χ0) is 14.1. The molecular weight excluding hydrogens is 274 g/mol. The van der Waals surface area contributed by atoms with Crippen molar-refractivity contribution in [2.75, 3.05) is 11.4 Å². The van der Waals surface area contributed by atoms with Gasteiger partial charge >= 0.3 is 0 Å². The first-order valence-electron chi connectivity index (χ1n) is 6.14. The molecule has 0 unspecified atom stereocenters. The molecule has 0 aromatic heterocycles. The molecule has 1 aliphatic rings. The second kappa shape index (κ2) is 4.98. The molecule has 1 heterocycles. The minimum atomic E-state index is -0.119. The molecular formula is C15H12ClN3O. The molecule has 0 radical (unpaired) electrons. The Kier molecular flexibility index (Phi) is 3.16. The Labute approximate surface area is 121 Å². The number of rotatable bonds is 1. The van der Waals surface area contributed by atoms with Gasteiger partial charge in [-0.25, -0.2) is 4.99 Å². The summed E-state index contributed by atoms with van der Waals surface area (Å²) in [5, 5.41) is 0.560. The predicted molar refractivity (Wildman–Crippen MR) is 80.9 cm³/mol. The zero-order valence-corrected chi connectivity index (χ0v) is 11.3. The highest BCUT2D eigenvalue weighted by molar-refractivity contribution is 6.31. The highest BCUT2D eigenvalue weighted by atomic mass is 35.5. The molecule has 0 spiro atoms. The lowest BCUT2D eigenvalue weighted by Crippen LogP contribution is -2.40. The molecule has 0 bridgehead atoms. The van der Waals surface area contributed by atoms with Crippen LogP contribution in [0.1, 0.15) is 10.4 Å². The molecule has 0 atom stereocenters. The number of halogens is 1. The van der Waals surface area contributed by atoms with Gasteiger partial charge in [0.15, 0.2) is 0 Å². The van der Waals surface area contributed by atoms with Gasteiger partial charge in [-0.05, 0) is 30.3 Å². The minimum Gasteiger partial charge on any atom is -0.386 e. The highest BCUT2D eigenvalue weighted by Crippen LogP contribution is 2.34. The lowest BCUT2D eigenvalue weighted by molar-refractivity contribution is 0.0990. The van der Waals surface area contributed by atoms with Crippen LogP contribution in [-0.2, 0) is 0 Å². The predicted octanol–water partition coefficient (Wildman–Crippen LogP) is 2.99. The molecule has 2 N–H and O–H groups in total. The number of benzene rings is 2. The van der Waals surface area contributed by atoms with E-state index < -0.39 is 0 Å². The smallest absolute Gasteiger partial charge is 0.258 e. The van der Waals surface area contributed by atoms with Crippen molar-refractivity contribution in [2.45, 2.75) is 0 Å². The molecule has 4 nitrogen and oxygen atoms in total. The SMILES string of the molecule is NC1=Nc2ccc(Cl)cc2N(C(=O)c2ccccc2)C1. The van der Waals surface area contributed by atoms with Crippen LogP contribution >= 0.6 is 11.6 Å². The molecule has 3 rings (SSSR count). The fourth-order valence-corrected chi connectivity index (χ4v) is 2.33. The fourth-order valence-electron chi connectivity index (χ4n) is 2.16. The lowest BCUT2D eigenvalue weighted by Gasteiger charge is -2.27. The van der Waals surface area contributed by atoms with Crippen molar-refractivity contribution in [3.63, 3.8) is 0 Å². The van der Waals surface area contributed by atoms with Gasteiger partial charge in [0.2, 0.25) is 0 Å². The topological polar surface area (TPSA) is 58.7 Å². The summed E-state index contributed by atoms with van der Waals surface area (Å²) in [6.07, 6.45) is 0. The van der Waals surface area contributed by atoms with Gasteiger partial charge < -0.3 is 5.73 Å². The van der Waals surface area contributed by atoms with Crippen molar-refractivity contribution in [1.82, 2.24) is 0 Å². The number of nitrogens with two attached hydrogens (primary N) is 1. The third kappa shape index (κ3) is 2.26. The van der Waals surface area contributed by atoms with Gasteiger partial charge in [0.1, 0.15) is 5.84 Å². The van der Waals surface area contributed by atoms with Crippen LogP contribution in [0.25, 0.3) is 0 Å². The number of amidine groups is 1. The maximum Gasteiger partial charge on any atom is 0.258 e. The molecule has 20 heavy (non-hydrogen) atoms. The molecule has 100 valence electrons. The van der Waals surface area contributed by atoms with Crippen LogP contribution in [0.2, 0.25) is 5.02 Å². The lowest BCUT2D eigenvalue weighted by atomic mass is 10.1. The standard InChI is InChI=1S/C15H12ClN3O/c16-11-6-7-12-13(8-11)19(9-14(17)18-12)15(20)10-4-2-1-3-5-10/h1-8H,9H2,(H2,17,18). The van der Waals surface area contributed by atoms with Crippen LogP contribution in [0.15, 0.2) is 53.5 Å². The number of carbonyl (C=O) groups is 1. The van der Waals surface area contributed by atoms with Crippen molar-refractivity contribution in [2.24, 2.45) is 10.7 Å². The van der Waals surface area contributed by atoms with Crippen LogP contribution in [0.3, 0.4) is 0 Å². The second-order valence-corrected chi connectivity index (χ2v) is 4.93. The largest absolute Gasteiger partial charge is 0.386 e. The number of aliphatic imine (C=N–C) groups is 1. The molecule has 0 saturated carbocycles. The number of hydrogen-bond donors (Lipinski definition) is 1. The summed E-state index contributed by atoms with van der Waals surface area (Å²) in [6.45, 7) is 0.265. The Morgan fingerprint density at radius 2 is 1.95 bits per heavy atom. The van der Waals surface area contributed by atoms with E-state index in [4.69, 9.17) is 17.3 Å². The van der Waals surface area contributed by atoms with Gasteiger partial charge in [-0.3, -0.25) is 9.69 Å². The van der Waals surface area contributed by atoms with Gasteiger partial charge in [-0.15, -0.1) is 0 Å². The number of amides is 1. The fraction of sp³-hybridized carbons (Fsp3) is 0.0667. The summed E-state index contributed by atoms with van der Waals surface area (Å²) in [6, 6.07) is 14.3. The first kappa shape index (κ1) is 12.7. The molecule has 2 aromatic rings. The van der Waals surface area contributed by atoms with Gasteiger partial charge in [0, 0.05) is 10.6 Å². The summed E-state index contributed by atoms with van der Waals surface area (Å²) in [4.78, 5) is 18.4. The third-order valence-corrected chi connectivity index (χ3v) is 3.31. The number of anilines is 1. The van der Waals surface area contributed by atoms with Crippen molar-refractivity contribution in [3.8, 4) is 0 Å². The van der Waals surface area contributed by atoms with E-state index in [1.54, 1.807) is 35.2 Å². The number of hydrogen-bond acceptors (Lipinski definition) is 3. The van der Waals surface area contributed by atoms with E-state index in [0.29, 0.717) is 27.8 Å². The summed E-state index contributed by atoms with van der Waals surface area (Å²) >= 11 is 6.01. The van der Waals surface area contributed by atoms with Crippen LogP contribution in [0, 0.1) is 0 Å². The van der Waals surface area contributed by atoms with Crippen LogP contribution in [0.4, 0.5) is 11.4 Å². The van der Waals surface area contributed by atoms with Gasteiger partial charge in [-0.1, -0.05) is 29.8 Å². The monoisotopic (exact) mass is 285 g/mol. The number of carbonyl (C=O) groups excluding carboxylic acids is 1. The zero-order valence-electron chi connectivity index (χ0n) is 10.6. The average Bonchev–Trinajstić information content (AvgIpc) is 2.47. The number of fused-ring (bicyclic) bond motifs is 1. The van der Waals surface area contributed by atoms with Crippen molar-refractivity contribution < 1.29 is 4.79 Å². The van der Waals surface area contributed by atoms with Crippen LogP contribution < -0.4 is 10.6 Å². The van der Waals surface area contributed by atoms with Crippen molar-refractivity contribution in [1.29, 1.82) is 0 Å². The quantitative estimate of drug-likeness (QED) is 0.875. The van der Waals surface area contributed by atoms with Crippen molar-refractivity contribution in [3.05, 3.63) is 59.1 Å². The Hall–Kier alpha value is -2.33. The molecule has 0 saturated heterocycles. The molecule has 5 heteroatoms. The molecule has 0 fully saturated rings. The molecule has 0 aliphatic carbocycles. The van der Waals surface area contributed by atoms with E-state index in [0.717, 1.165) is 0 Å². The minimum absolute atomic E-state index is 0.119. The van der Waals surface area contributed by atoms with Crippen molar-refractivity contribution >= 4 is 34.7 Å². The Balaban J connectivity index is 2.06. The maximum atomic E-state index is 12.6. The van der Waals surface area contributed by atoms with Gasteiger partial charge in [0.25, 0.3) is 5.91 Å². The van der Waals surface area contributed by atoms with E-state index in [1.165, 1.54) is 0 Å². The first-order valence-corrected chi connectivity index (χ1v) is 6.52. The third-order valence-electron chi connectivity index (χ3n) is 3.08. The summed E-state index contributed by atoms with van der Waals surface area (Å²) in [7, 11) is 0. The van der Waals surface area contributed by atoms with Crippen LogP contribution in [0.5, 0.6) is 0 Å². The van der Waals surface area contributed by atoms with E-state index in [9.17, 15) is 4.79 Å². The van der Waals surface area contributed by atoms with Gasteiger partial charge in [0.05, 0.1) is 17.9 Å². The van der Waals surface area contributed by atoms with Crippen LogP contribution in [-0.4, -0.2) is 18.3 Å². The first-order chi connectivity index (χ1) is 9.65. The summed E-state index contributed by atoms with van der Waals surface area (Å²) in [5.41, 5.74) is 7.76. The Morgan fingerprint density at radius 1 is 1.20 bits per heavy atom. The van der Waals surface area contributed by atoms with E-state index in [2.05, 4.69) is 4.99 Å². The van der Waals surface area contributed by atoms with E-state index in [1.807, 2.05) is 18.2 Å². The Bertz CT molecular complexity index is 698.